The van der Waals surface area contributed by atoms with E-state index in [4.69, 9.17) is 13.8 Å². The third-order valence-electron chi connectivity index (χ3n) is 9.71. The van der Waals surface area contributed by atoms with E-state index < -0.39 is 0 Å². The summed E-state index contributed by atoms with van der Waals surface area (Å²) >= 11 is 0. The summed E-state index contributed by atoms with van der Waals surface area (Å²) in [6.07, 6.45) is 0. The van der Waals surface area contributed by atoms with Crippen molar-refractivity contribution >= 4 is 60.9 Å². The van der Waals surface area contributed by atoms with E-state index in [1.165, 1.54) is 21.9 Å². The van der Waals surface area contributed by atoms with Crippen LogP contribution in [-0.4, -0.2) is 4.98 Å². The first-order valence-electron chi connectivity index (χ1n) is 17.1. The lowest BCUT2D eigenvalue weighted by Gasteiger charge is -2.26. The van der Waals surface area contributed by atoms with Crippen molar-refractivity contribution in [3.8, 4) is 33.7 Å². The molecule has 0 aliphatic heterocycles. The molecule has 0 unspecified atom stereocenters. The van der Waals surface area contributed by atoms with E-state index in [1.54, 1.807) is 0 Å². The zero-order valence-corrected chi connectivity index (χ0v) is 27.5. The average Bonchev–Trinajstić information content (AvgIpc) is 3.81. The molecule has 0 atom stereocenters. The third kappa shape index (κ3) is 5.04. The third-order valence-corrected chi connectivity index (χ3v) is 9.71. The highest BCUT2D eigenvalue weighted by Gasteiger charge is 2.22. The van der Waals surface area contributed by atoms with Crippen LogP contribution in [0.2, 0.25) is 0 Å². The van der Waals surface area contributed by atoms with E-state index in [2.05, 4.69) is 144 Å². The monoisotopic (exact) mass is 654 g/mol. The van der Waals surface area contributed by atoms with Crippen molar-refractivity contribution in [2.45, 2.75) is 0 Å². The van der Waals surface area contributed by atoms with E-state index >= 15 is 0 Å². The number of benzene rings is 8. The topological polar surface area (TPSA) is 42.4 Å². The minimum absolute atomic E-state index is 0.576. The summed E-state index contributed by atoms with van der Waals surface area (Å²) in [5, 5.41) is 4.44. The lowest BCUT2D eigenvalue weighted by atomic mass is 10.0. The molecule has 0 saturated heterocycles. The first kappa shape index (κ1) is 29.0. The maximum Gasteiger partial charge on any atom is 0.228 e. The van der Waals surface area contributed by atoms with Crippen LogP contribution < -0.4 is 4.90 Å². The molecule has 10 aromatic rings. The number of rotatable bonds is 6. The van der Waals surface area contributed by atoms with Gasteiger partial charge >= 0.3 is 0 Å². The predicted molar refractivity (Wildman–Crippen MR) is 210 cm³/mol. The highest BCUT2D eigenvalue weighted by atomic mass is 16.3. The summed E-state index contributed by atoms with van der Waals surface area (Å²) in [5.41, 5.74) is 11.8. The van der Waals surface area contributed by atoms with Gasteiger partial charge in [0.1, 0.15) is 11.1 Å². The van der Waals surface area contributed by atoms with Crippen LogP contribution >= 0.6 is 0 Å². The Morgan fingerprint density at radius 3 is 1.84 bits per heavy atom. The number of hydrogen-bond donors (Lipinski definition) is 0. The van der Waals surface area contributed by atoms with Gasteiger partial charge in [0.15, 0.2) is 11.2 Å². The van der Waals surface area contributed by atoms with Gasteiger partial charge in [0.25, 0.3) is 0 Å². The molecular formula is C47H30N2O2. The van der Waals surface area contributed by atoms with Gasteiger partial charge < -0.3 is 13.7 Å². The first-order valence-corrected chi connectivity index (χ1v) is 17.1. The lowest BCUT2D eigenvalue weighted by molar-refractivity contribution is 0.620. The number of fused-ring (bicyclic) bond motifs is 5. The Bertz CT molecular complexity index is 2820. The van der Waals surface area contributed by atoms with Gasteiger partial charge in [-0.05, 0) is 93.7 Å². The Kier molecular flexibility index (Phi) is 6.78. The normalized spacial score (nSPS) is 11.5. The number of furan rings is 1. The van der Waals surface area contributed by atoms with Crippen LogP contribution in [0.25, 0.3) is 77.5 Å². The minimum atomic E-state index is 0.576. The lowest BCUT2D eigenvalue weighted by Crippen LogP contribution is -2.10. The molecular weight excluding hydrogens is 625 g/mol. The molecule has 10 rings (SSSR count). The number of oxazole rings is 1. The van der Waals surface area contributed by atoms with Crippen LogP contribution in [0, 0.1) is 0 Å². The quantitative estimate of drug-likeness (QED) is 0.179. The zero-order chi connectivity index (χ0) is 33.7. The second kappa shape index (κ2) is 11.9. The van der Waals surface area contributed by atoms with Crippen LogP contribution in [-0.2, 0) is 0 Å². The molecule has 2 heterocycles. The molecule has 0 saturated carbocycles. The van der Waals surface area contributed by atoms with Crippen molar-refractivity contribution in [1.29, 1.82) is 0 Å². The second-order valence-electron chi connectivity index (χ2n) is 12.8. The Labute approximate surface area is 294 Å². The van der Waals surface area contributed by atoms with Gasteiger partial charge in [-0.3, -0.25) is 0 Å². The zero-order valence-electron chi connectivity index (χ0n) is 27.5. The molecule has 0 radical (unpaired) electrons. The van der Waals surface area contributed by atoms with Gasteiger partial charge in [0.05, 0.1) is 5.69 Å². The molecule has 8 aromatic carbocycles. The van der Waals surface area contributed by atoms with Crippen molar-refractivity contribution in [2.75, 3.05) is 4.90 Å². The van der Waals surface area contributed by atoms with E-state index in [-0.39, 0.29) is 0 Å². The van der Waals surface area contributed by atoms with E-state index in [9.17, 15) is 0 Å². The van der Waals surface area contributed by atoms with Crippen LogP contribution in [0.3, 0.4) is 0 Å². The average molecular weight is 655 g/mol. The molecule has 0 fully saturated rings. The summed E-state index contributed by atoms with van der Waals surface area (Å²) in [4.78, 5) is 7.12. The van der Waals surface area contributed by atoms with E-state index in [0.717, 1.165) is 66.8 Å². The molecule has 4 nitrogen and oxygen atoms in total. The van der Waals surface area contributed by atoms with E-state index in [0.29, 0.717) is 5.89 Å². The van der Waals surface area contributed by atoms with Crippen LogP contribution in [0.15, 0.2) is 191 Å². The number of nitrogens with zero attached hydrogens (tertiary/aromatic N) is 2. The van der Waals surface area contributed by atoms with Crippen molar-refractivity contribution in [1.82, 2.24) is 4.98 Å². The van der Waals surface area contributed by atoms with E-state index in [1.807, 2.05) is 42.5 Å². The van der Waals surface area contributed by atoms with Crippen LogP contribution in [0.1, 0.15) is 0 Å². The van der Waals surface area contributed by atoms with Gasteiger partial charge in [-0.1, -0.05) is 121 Å². The van der Waals surface area contributed by atoms with Crippen molar-refractivity contribution in [3.05, 3.63) is 182 Å². The predicted octanol–water partition coefficient (Wildman–Crippen LogP) is 13.4. The fourth-order valence-corrected chi connectivity index (χ4v) is 7.21. The summed E-state index contributed by atoms with van der Waals surface area (Å²) in [6.45, 7) is 0. The number of anilines is 3. The molecule has 0 aliphatic carbocycles. The maximum atomic E-state index is 6.76. The molecule has 240 valence electrons. The molecule has 2 aromatic heterocycles. The fraction of sp³-hybridized carbons (Fsp3) is 0. The van der Waals surface area contributed by atoms with Crippen molar-refractivity contribution in [2.24, 2.45) is 0 Å². The number of hydrogen-bond acceptors (Lipinski definition) is 4. The largest absolute Gasteiger partial charge is 0.454 e. The molecule has 0 bridgehead atoms. The second-order valence-corrected chi connectivity index (χ2v) is 12.8. The van der Waals surface area contributed by atoms with Crippen LogP contribution in [0.5, 0.6) is 0 Å². The molecule has 4 heteroatoms. The Morgan fingerprint density at radius 1 is 0.431 bits per heavy atom. The first-order chi connectivity index (χ1) is 25.3. The summed E-state index contributed by atoms with van der Waals surface area (Å²) in [6, 6.07) is 63.4. The van der Waals surface area contributed by atoms with Gasteiger partial charge in [-0.25, -0.2) is 4.98 Å². The van der Waals surface area contributed by atoms with Gasteiger partial charge in [-0.15, -0.1) is 0 Å². The highest BCUT2D eigenvalue weighted by Crippen LogP contribution is 2.45. The van der Waals surface area contributed by atoms with Crippen molar-refractivity contribution < 1.29 is 8.83 Å². The highest BCUT2D eigenvalue weighted by molar-refractivity contribution is 6.15. The number of aromatic nitrogens is 1. The van der Waals surface area contributed by atoms with Gasteiger partial charge in [0.2, 0.25) is 5.89 Å². The Hall–Kier alpha value is -6.91. The Morgan fingerprint density at radius 2 is 1.06 bits per heavy atom. The molecule has 51 heavy (non-hydrogen) atoms. The minimum Gasteiger partial charge on any atom is -0.454 e. The summed E-state index contributed by atoms with van der Waals surface area (Å²) in [5.74, 6) is 0.576. The summed E-state index contributed by atoms with van der Waals surface area (Å²) < 4.78 is 13.0. The fourth-order valence-electron chi connectivity index (χ4n) is 7.21. The Balaban J connectivity index is 1.13. The number of para-hydroxylation sites is 3. The van der Waals surface area contributed by atoms with Gasteiger partial charge in [0, 0.05) is 27.7 Å². The van der Waals surface area contributed by atoms with Crippen LogP contribution in [0.4, 0.5) is 17.1 Å². The maximum absolute atomic E-state index is 6.76. The SMILES string of the molecule is c1ccc(-c2ccc(N(c3ccc(-c4ccc5ccccc5c4)cc3)c3cccc4c3oc3cccc(-c5nc6ccccc6o5)c34)cc2)cc1. The summed E-state index contributed by atoms with van der Waals surface area (Å²) in [7, 11) is 0. The van der Waals surface area contributed by atoms with Gasteiger partial charge in [-0.2, -0.15) is 0 Å². The molecule has 0 spiro atoms. The molecule has 0 amide bonds. The molecule has 0 aliphatic rings. The standard InChI is InChI=1S/C47H30N2O2/c1-2-10-31(11-3-1)33-22-26-37(27-23-33)49(38-28-24-34(25-29-38)36-21-20-32-12-4-5-13-35(32)30-36)42-17-8-14-39-45-40(15-9-19-44(45)50-46(39)42)47-48-41-16-6-7-18-43(41)51-47/h1-30H. The van der Waals surface area contributed by atoms with Crippen molar-refractivity contribution in [3.63, 3.8) is 0 Å². The molecule has 0 N–H and O–H groups in total. The smallest absolute Gasteiger partial charge is 0.228 e.